The van der Waals surface area contributed by atoms with Crippen LogP contribution in [0.25, 0.3) is 6.08 Å². The average molecular weight is 540 g/mol. The van der Waals surface area contributed by atoms with Gasteiger partial charge in [0.05, 0.1) is 33.4 Å². The van der Waals surface area contributed by atoms with E-state index in [0.29, 0.717) is 16.9 Å². The molecule has 3 aromatic carbocycles. The standard InChI is InChI=1S/C28H21N5O7/c1-15-6-10-19(33(39)40)14-22(15)31-27(35)23-21-13-7-16-4-2-3-5-20(16)30(21)25(24(23)28(31)36)26(34)29-17-8-11-18(12-9-17)32(37)38/h2-14,21,23-25H,1H3,(H,29,34)/t21-,23-,24-,25+/m1/s1. The maximum Gasteiger partial charge on any atom is 0.271 e. The van der Waals surface area contributed by atoms with Gasteiger partial charge in [-0.2, -0.15) is 0 Å². The Kier molecular flexibility index (Phi) is 5.68. The van der Waals surface area contributed by atoms with Gasteiger partial charge in [-0.25, -0.2) is 4.90 Å². The lowest BCUT2D eigenvalue weighted by Gasteiger charge is -2.36. The van der Waals surface area contributed by atoms with Crippen LogP contribution in [-0.2, 0) is 14.4 Å². The molecule has 0 bridgehead atoms. The van der Waals surface area contributed by atoms with Crippen molar-refractivity contribution in [2.75, 3.05) is 15.1 Å². The van der Waals surface area contributed by atoms with Crippen LogP contribution < -0.4 is 15.1 Å². The summed E-state index contributed by atoms with van der Waals surface area (Å²) >= 11 is 0. The number of imide groups is 1. The van der Waals surface area contributed by atoms with Gasteiger partial charge in [0.2, 0.25) is 17.7 Å². The maximum atomic E-state index is 14.0. The fraction of sp³-hybridized carbons (Fsp3) is 0.179. The normalized spacial score (nSPS) is 22.5. The Morgan fingerprint density at radius 3 is 2.20 bits per heavy atom. The number of para-hydroxylation sites is 1. The number of rotatable bonds is 5. The third-order valence-corrected chi connectivity index (χ3v) is 7.67. The zero-order valence-electron chi connectivity index (χ0n) is 21.0. The van der Waals surface area contributed by atoms with Crippen molar-refractivity contribution in [2.24, 2.45) is 11.8 Å². The number of hydrogen-bond donors (Lipinski definition) is 1. The summed E-state index contributed by atoms with van der Waals surface area (Å²) in [5, 5.41) is 25.2. The third kappa shape index (κ3) is 3.72. The molecule has 1 N–H and O–H groups in total. The van der Waals surface area contributed by atoms with Gasteiger partial charge in [0.15, 0.2) is 0 Å². The molecule has 12 nitrogen and oxygen atoms in total. The molecule has 6 rings (SSSR count). The highest BCUT2D eigenvalue weighted by atomic mass is 16.6. The first kappa shape index (κ1) is 24.9. The van der Waals surface area contributed by atoms with Crippen LogP contribution in [0.3, 0.4) is 0 Å². The molecule has 2 saturated heterocycles. The van der Waals surface area contributed by atoms with Crippen molar-refractivity contribution in [3.8, 4) is 0 Å². The highest BCUT2D eigenvalue weighted by Crippen LogP contribution is 2.49. The first-order valence-corrected chi connectivity index (χ1v) is 12.4. The second kappa shape index (κ2) is 9.12. The zero-order valence-corrected chi connectivity index (χ0v) is 21.0. The van der Waals surface area contributed by atoms with Crippen molar-refractivity contribution < 1.29 is 24.2 Å². The van der Waals surface area contributed by atoms with Crippen molar-refractivity contribution in [1.29, 1.82) is 0 Å². The third-order valence-electron chi connectivity index (χ3n) is 7.67. The molecule has 2 fully saturated rings. The van der Waals surface area contributed by atoms with E-state index >= 15 is 0 Å². The first-order chi connectivity index (χ1) is 19.2. The van der Waals surface area contributed by atoms with Crippen molar-refractivity contribution in [2.45, 2.75) is 19.0 Å². The number of benzene rings is 3. The molecule has 0 spiro atoms. The Bertz CT molecular complexity index is 1650. The molecule has 0 aliphatic carbocycles. The van der Waals surface area contributed by atoms with Gasteiger partial charge in [-0.1, -0.05) is 36.4 Å². The summed E-state index contributed by atoms with van der Waals surface area (Å²) in [4.78, 5) is 65.8. The smallest absolute Gasteiger partial charge is 0.271 e. The Labute approximate surface area is 226 Å². The van der Waals surface area contributed by atoms with Gasteiger partial charge in [-0.05, 0) is 36.2 Å². The average Bonchev–Trinajstić information content (AvgIpc) is 3.42. The molecule has 4 atom stereocenters. The molecule has 3 aliphatic rings. The summed E-state index contributed by atoms with van der Waals surface area (Å²) in [6, 6.07) is 14.9. The summed E-state index contributed by atoms with van der Waals surface area (Å²) in [6.07, 6.45) is 3.65. The van der Waals surface area contributed by atoms with Crippen molar-refractivity contribution >= 4 is 52.2 Å². The van der Waals surface area contributed by atoms with E-state index in [4.69, 9.17) is 0 Å². The van der Waals surface area contributed by atoms with Crippen molar-refractivity contribution in [3.05, 3.63) is 104 Å². The number of carbonyl (C=O) groups is 3. The minimum Gasteiger partial charge on any atom is -0.351 e. The molecule has 3 heterocycles. The molecular formula is C28H21N5O7. The second-order valence-corrected chi connectivity index (χ2v) is 9.85. The van der Waals surface area contributed by atoms with Crippen LogP contribution in [0.4, 0.5) is 28.4 Å². The van der Waals surface area contributed by atoms with Crippen LogP contribution in [-0.4, -0.2) is 39.7 Å². The molecule has 0 unspecified atom stereocenters. The Morgan fingerprint density at radius 1 is 0.850 bits per heavy atom. The summed E-state index contributed by atoms with van der Waals surface area (Å²) < 4.78 is 0. The summed E-state index contributed by atoms with van der Waals surface area (Å²) in [5.41, 5.74) is 2.00. The van der Waals surface area contributed by atoms with Crippen LogP contribution in [0.1, 0.15) is 11.1 Å². The van der Waals surface area contributed by atoms with Crippen molar-refractivity contribution in [1.82, 2.24) is 0 Å². The van der Waals surface area contributed by atoms with E-state index in [-0.39, 0.29) is 17.1 Å². The van der Waals surface area contributed by atoms with E-state index in [1.807, 2.05) is 24.3 Å². The van der Waals surface area contributed by atoms with E-state index in [9.17, 15) is 34.6 Å². The van der Waals surface area contributed by atoms with Gasteiger partial charge in [0.1, 0.15) is 6.04 Å². The largest absolute Gasteiger partial charge is 0.351 e. The molecule has 3 amide bonds. The lowest BCUT2D eigenvalue weighted by molar-refractivity contribution is -0.385. The fourth-order valence-corrected chi connectivity index (χ4v) is 5.89. The maximum absolute atomic E-state index is 14.0. The number of nitrogens with one attached hydrogen (secondary N) is 1. The lowest BCUT2D eigenvalue weighted by Crippen LogP contribution is -2.50. The van der Waals surface area contributed by atoms with Gasteiger partial charge >= 0.3 is 0 Å². The van der Waals surface area contributed by atoms with Crippen LogP contribution in [0.5, 0.6) is 0 Å². The molecule has 200 valence electrons. The van der Waals surface area contributed by atoms with Gasteiger partial charge in [0.25, 0.3) is 11.4 Å². The number of nitrogens with zero attached hydrogens (tertiary/aromatic N) is 4. The monoisotopic (exact) mass is 539 g/mol. The predicted molar refractivity (Wildman–Crippen MR) is 145 cm³/mol. The number of amides is 3. The SMILES string of the molecule is Cc1ccc([N+](=O)[O-])cc1N1C(=O)[C@@H]2[C@H](C1=O)[C@H]1C=Cc3ccccc3N1[C@@H]2C(=O)Nc1ccc([N+](=O)[O-])cc1. The Hall–Kier alpha value is -5.39. The minimum atomic E-state index is -1.10. The van der Waals surface area contributed by atoms with Gasteiger partial charge in [0, 0.05) is 35.6 Å². The van der Waals surface area contributed by atoms with Gasteiger partial charge < -0.3 is 10.2 Å². The minimum absolute atomic E-state index is 0.111. The van der Waals surface area contributed by atoms with Crippen molar-refractivity contribution in [3.63, 3.8) is 0 Å². The predicted octanol–water partition coefficient (Wildman–Crippen LogP) is 3.84. The van der Waals surface area contributed by atoms with E-state index in [1.54, 1.807) is 24.0 Å². The van der Waals surface area contributed by atoms with Gasteiger partial charge in [-0.15, -0.1) is 0 Å². The van der Waals surface area contributed by atoms with Crippen LogP contribution in [0.15, 0.2) is 72.8 Å². The van der Waals surface area contributed by atoms with Crippen LogP contribution in [0.2, 0.25) is 0 Å². The number of fused-ring (bicyclic) bond motifs is 5. The molecule has 3 aromatic rings. The fourth-order valence-electron chi connectivity index (χ4n) is 5.89. The Morgan fingerprint density at radius 2 is 1.50 bits per heavy atom. The lowest BCUT2D eigenvalue weighted by atomic mass is 9.88. The van der Waals surface area contributed by atoms with E-state index in [1.165, 1.54) is 42.5 Å². The summed E-state index contributed by atoms with van der Waals surface area (Å²) in [7, 11) is 0. The number of non-ortho nitro benzene ring substituents is 2. The van der Waals surface area contributed by atoms with E-state index in [2.05, 4.69) is 5.32 Å². The highest BCUT2D eigenvalue weighted by Gasteiger charge is 2.64. The quantitative estimate of drug-likeness (QED) is 0.291. The van der Waals surface area contributed by atoms with E-state index in [0.717, 1.165) is 10.5 Å². The molecule has 12 heteroatoms. The molecule has 3 aliphatic heterocycles. The number of carbonyl (C=O) groups excluding carboxylic acids is 3. The zero-order chi connectivity index (χ0) is 28.3. The topological polar surface area (TPSA) is 156 Å². The molecule has 0 aromatic heterocycles. The second-order valence-electron chi connectivity index (χ2n) is 9.85. The Balaban J connectivity index is 1.43. The number of anilines is 3. The van der Waals surface area contributed by atoms with Crippen LogP contribution >= 0.6 is 0 Å². The molecule has 40 heavy (non-hydrogen) atoms. The first-order valence-electron chi connectivity index (χ1n) is 12.4. The molecular weight excluding hydrogens is 518 g/mol. The van der Waals surface area contributed by atoms with E-state index < -0.39 is 51.5 Å². The number of aryl methyl sites for hydroxylation is 1. The molecule has 0 radical (unpaired) electrons. The number of hydrogen-bond acceptors (Lipinski definition) is 8. The van der Waals surface area contributed by atoms with Gasteiger partial charge in [-0.3, -0.25) is 34.6 Å². The summed E-state index contributed by atoms with van der Waals surface area (Å²) in [5.74, 6) is -3.71. The number of nitro benzene ring substituents is 2. The highest BCUT2D eigenvalue weighted by molar-refractivity contribution is 6.25. The summed E-state index contributed by atoms with van der Waals surface area (Å²) in [6.45, 7) is 1.65. The van der Waals surface area contributed by atoms with Crippen LogP contribution in [0, 0.1) is 39.0 Å². The number of nitro groups is 2. The molecule has 0 saturated carbocycles.